The Labute approximate surface area is 143 Å². The number of aromatic nitrogens is 4. The maximum Gasteiger partial charge on any atom is 0.247 e. The number of rotatable bonds is 4. The fraction of sp³-hybridized carbons (Fsp3) is 0.412. The van der Waals surface area contributed by atoms with Crippen LogP contribution in [0, 0.1) is 12.7 Å². The van der Waals surface area contributed by atoms with E-state index in [1.165, 1.54) is 12.1 Å². The average Bonchev–Trinajstić information content (AvgIpc) is 3.25. The van der Waals surface area contributed by atoms with Crippen molar-refractivity contribution >= 4 is 0 Å². The second-order valence-electron chi connectivity index (χ2n) is 6.17. The van der Waals surface area contributed by atoms with E-state index in [1.54, 1.807) is 12.1 Å². The normalized spacial score (nSPS) is 18.6. The molecular weight excluding hydrogens is 325 g/mol. The largest absolute Gasteiger partial charge is 0.419 e. The standard InChI is InChI=1S/C17H18FN5O2/c1-11-19-17(25-22-11)14-7-2-3-8-23(14)10-15-20-21-16(24-15)12-5-4-6-13(18)9-12/h4-6,9,14H,2-3,7-8,10H2,1H3/t14-/m0/s1. The first-order chi connectivity index (χ1) is 12.2. The van der Waals surface area contributed by atoms with Crippen LogP contribution in [0.5, 0.6) is 0 Å². The summed E-state index contributed by atoms with van der Waals surface area (Å²) in [5.74, 6) is 1.73. The maximum absolute atomic E-state index is 13.4. The number of aryl methyl sites for hydroxylation is 1. The summed E-state index contributed by atoms with van der Waals surface area (Å²) in [6.45, 7) is 3.20. The second kappa shape index (κ2) is 6.72. The van der Waals surface area contributed by atoms with E-state index < -0.39 is 0 Å². The highest BCUT2D eigenvalue weighted by Gasteiger charge is 2.29. The Kier molecular flexibility index (Phi) is 4.27. The van der Waals surface area contributed by atoms with E-state index in [0.29, 0.717) is 35.6 Å². The van der Waals surface area contributed by atoms with Crippen LogP contribution in [0.15, 0.2) is 33.2 Å². The molecule has 7 nitrogen and oxygen atoms in total. The zero-order valence-corrected chi connectivity index (χ0v) is 13.9. The minimum absolute atomic E-state index is 0.0551. The van der Waals surface area contributed by atoms with Gasteiger partial charge < -0.3 is 8.94 Å². The summed E-state index contributed by atoms with van der Waals surface area (Å²) >= 11 is 0. The Morgan fingerprint density at radius 2 is 2.20 bits per heavy atom. The van der Waals surface area contributed by atoms with Crippen LogP contribution in [-0.2, 0) is 6.54 Å². The number of hydrogen-bond donors (Lipinski definition) is 0. The van der Waals surface area contributed by atoms with Gasteiger partial charge in [-0.2, -0.15) is 4.98 Å². The SMILES string of the molecule is Cc1noc([C@@H]2CCCCN2Cc2nnc(-c3cccc(F)c3)o2)n1. The Morgan fingerprint density at radius 1 is 1.28 bits per heavy atom. The van der Waals surface area contributed by atoms with Crippen molar-refractivity contribution in [3.63, 3.8) is 0 Å². The van der Waals surface area contributed by atoms with Crippen molar-refractivity contribution in [1.82, 2.24) is 25.2 Å². The molecule has 1 aliphatic rings. The molecule has 0 radical (unpaired) electrons. The summed E-state index contributed by atoms with van der Waals surface area (Å²) < 4.78 is 24.4. The first kappa shape index (κ1) is 15.9. The lowest BCUT2D eigenvalue weighted by Crippen LogP contribution is -2.33. The number of benzene rings is 1. The van der Waals surface area contributed by atoms with Crippen molar-refractivity contribution in [3.8, 4) is 11.5 Å². The van der Waals surface area contributed by atoms with Crippen molar-refractivity contribution in [3.05, 3.63) is 47.7 Å². The van der Waals surface area contributed by atoms with Gasteiger partial charge in [0.2, 0.25) is 17.7 Å². The van der Waals surface area contributed by atoms with Crippen molar-refractivity contribution < 1.29 is 13.3 Å². The molecule has 0 unspecified atom stereocenters. The molecule has 0 N–H and O–H groups in total. The monoisotopic (exact) mass is 343 g/mol. The molecule has 1 aromatic carbocycles. The summed E-state index contributed by atoms with van der Waals surface area (Å²) in [4.78, 5) is 6.57. The second-order valence-corrected chi connectivity index (χ2v) is 6.17. The summed E-state index contributed by atoms with van der Waals surface area (Å²) in [6.07, 6.45) is 3.15. The molecule has 1 fully saturated rings. The van der Waals surface area contributed by atoms with Gasteiger partial charge in [-0.1, -0.05) is 17.6 Å². The summed E-state index contributed by atoms with van der Waals surface area (Å²) in [5.41, 5.74) is 0.571. The molecule has 0 bridgehead atoms. The van der Waals surface area contributed by atoms with Gasteiger partial charge in [-0.25, -0.2) is 4.39 Å². The molecule has 3 aromatic rings. The van der Waals surface area contributed by atoms with Gasteiger partial charge in [0.25, 0.3) is 0 Å². The van der Waals surface area contributed by atoms with E-state index in [9.17, 15) is 4.39 Å². The number of halogens is 1. The Morgan fingerprint density at radius 3 is 3.00 bits per heavy atom. The van der Waals surface area contributed by atoms with Gasteiger partial charge in [0, 0.05) is 5.56 Å². The minimum atomic E-state index is -0.333. The van der Waals surface area contributed by atoms with Gasteiger partial charge in [0.15, 0.2) is 5.82 Å². The summed E-state index contributed by atoms with van der Waals surface area (Å²) in [7, 11) is 0. The molecule has 2 aromatic heterocycles. The molecule has 0 amide bonds. The lowest BCUT2D eigenvalue weighted by Gasteiger charge is -2.32. The first-order valence-corrected chi connectivity index (χ1v) is 8.31. The molecular formula is C17H18FN5O2. The van der Waals surface area contributed by atoms with Crippen molar-refractivity contribution in [2.45, 2.75) is 38.8 Å². The Balaban J connectivity index is 1.52. The van der Waals surface area contributed by atoms with E-state index in [0.717, 1.165) is 25.8 Å². The van der Waals surface area contributed by atoms with Gasteiger partial charge in [-0.05, 0) is 44.5 Å². The van der Waals surface area contributed by atoms with Crippen molar-refractivity contribution in [2.24, 2.45) is 0 Å². The Bertz CT molecular complexity index is 862. The van der Waals surface area contributed by atoms with E-state index in [-0.39, 0.29) is 11.9 Å². The van der Waals surface area contributed by atoms with E-state index in [1.807, 2.05) is 6.92 Å². The molecule has 8 heteroatoms. The molecule has 1 saturated heterocycles. The van der Waals surface area contributed by atoms with Crippen LogP contribution < -0.4 is 0 Å². The highest BCUT2D eigenvalue weighted by atomic mass is 19.1. The van der Waals surface area contributed by atoms with Gasteiger partial charge >= 0.3 is 0 Å². The number of piperidine rings is 1. The van der Waals surface area contributed by atoms with Crippen molar-refractivity contribution in [1.29, 1.82) is 0 Å². The topological polar surface area (TPSA) is 81.1 Å². The van der Waals surface area contributed by atoms with E-state index in [4.69, 9.17) is 8.94 Å². The predicted octanol–water partition coefficient (Wildman–Crippen LogP) is 3.29. The van der Waals surface area contributed by atoms with Crippen molar-refractivity contribution in [2.75, 3.05) is 6.54 Å². The summed E-state index contributed by atoms with van der Waals surface area (Å²) in [5, 5.41) is 12.0. The predicted molar refractivity (Wildman–Crippen MR) is 85.7 cm³/mol. The third kappa shape index (κ3) is 3.43. The number of likely N-dealkylation sites (tertiary alicyclic amines) is 1. The highest BCUT2D eigenvalue weighted by molar-refractivity contribution is 5.52. The quantitative estimate of drug-likeness (QED) is 0.719. The highest BCUT2D eigenvalue weighted by Crippen LogP contribution is 2.31. The third-order valence-corrected chi connectivity index (χ3v) is 4.32. The fourth-order valence-corrected chi connectivity index (χ4v) is 3.14. The lowest BCUT2D eigenvalue weighted by molar-refractivity contribution is 0.102. The molecule has 1 aliphatic heterocycles. The fourth-order valence-electron chi connectivity index (χ4n) is 3.14. The van der Waals surface area contributed by atoms with Crippen LogP contribution in [0.1, 0.15) is 42.9 Å². The molecule has 4 rings (SSSR count). The zero-order chi connectivity index (χ0) is 17.2. The Hall–Kier alpha value is -2.61. The molecule has 130 valence electrons. The molecule has 3 heterocycles. The first-order valence-electron chi connectivity index (χ1n) is 8.31. The van der Waals surface area contributed by atoms with Gasteiger partial charge in [0.1, 0.15) is 5.82 Å². The van der Waals surface area contributed by atoms with Crippen LogP contribution in [0.25, 0.3) is 11.5 Å². The van der Waals surface area contributed by atoms with Crippen LogP contribution in [-0.4, -0.2) is 31.8 Å². The smallest absolute Gasteiger partial charge is 0.247 e. The summed E-state index contributed by atoms with van der Waals surface area (Å²) in [6, 6.07) is 6.17. The van der Waals surface area contributed by atoms with Gasteiger partial charge in [-0.3, -0.25) is 4.90 Å². The molecule has 25 heavy (non-hydrogen) atoms. The maximum atomic E-state index is 13.4. The minimum Gasteiger partial charge on any atom is -0.419 e. The van der Waals surface area contributed by atoms with E-state index in [2.05, 4.69) is 25.2 Å². The van der Waals surface area contributed by atoms with Gasteiger partial charge in [0.05, 0.1) is 12.6 Å². The third-order valence-electron chi connectivity index (χ3n) is 4.32. The van der Waals surface area contributed by atoms with E-state index >= 15 is 0 Å². The average molecular weight is 343 g/mol. The molecule has 0 saturated carbocycles. The van der Waals surface area contributed by atoms with Crippen LogP contribution >= 0.6 is 0 Å². The van der Waals surface area contributed by atoms with Crippen LogP contribution in [0.2, 0.25) is 0 Å². The molecule has 0 aliphatic carbocycles. The van der Waals surface area contributed by atoms with Crippen LogP contribution in [0.3, 0.4) is 0 Å². The number of nitrogens with zero attached hydrogens (tertiary/aromatic N) is 5. The van der Waals surface area contributed by atoms with Crippen LogP contribution in [0.4, 0.5) is 4.39 Å². The molecule has 1 atom stereocenters. The number of hydrogen-bond acceptors (Lipinski definition) is 7. The zero-order valence-electron chi connectivity index (χ0n) is 13.9. The lowest BCUT2D eigenvalue weighted by atomic mass is 10.0. The molecule has 0 spiro atoms. The van der Waals surface area contributed by atoms with Gasteiger partial charge in [-0.15, -0.1) is 10.2 Å².